The fourth-order valence-electron chi connectivity index (χ4n) is 3.74. The summed E-state index contributed by atoms with van der Waals surface area (Å²) in [6.07, 6.45) is 3.46. The molecule has 1 saturated heterocycles. The minimum absolute atomic E-state index is 0.0173. The van der Waals surface area contributed by atoms with Crippen LogP contribution in [-0.4, -0.2) is 38.9 Å². The summed E-state index contributed by atoms with van der Waals surface area (Å²) >= 11 is 0. The normalized spacial score (nSPS) is 16.2. The van der Waals surface area contributed by atoms with E-state index < -0.39 is 0 Å². The minimum atomic E-state index is -0.139. The van der Waals surface area contributed by atoms with Crippen molar-refractivity contribution < 1.29 is 4.79 Å². The second-order valence-corrected chi connectivity index (χ2v) is 7.97. The molecule has 160 valence electrons. The number of nitrogens with one attached hydrogen (secondary N) is 2. The van der Waals surface area contributed by atoms with Gasteiger partial charge in [-0.3, -0.25) is 9.59 Å². The zero-order valence-corrected chi connectivity index (χ0v) is 18.0. The lowest BCUT2D eigenvalue weighted by molar-refractivity contribution is -0.120. The van der Waals surface area contributed by atoms with Crippen LogP contribution in [0.1, 0.15) is 29.8 Å². The first-order chi connectivity index (χ1) is 14.9. The number of amides is 1. The minimum Gasteiger partial charge on any atom is -0.356 e. The molecule has 8 heteroatoms. The van der Waals surface area contributed by atoms with Crippen molar-refractivity contribution in [2.75, 3.05) is 23.3 Å². The third-order valence-corrected chi connectivity index (χ3v) is 5.67. The fraction of sp³-hybridized carbons (Fsp3) is 0.348. The lowest BCUT2D eigenvalue weighted by Gasteiger charge is -2.32. The van der Waals surface area contributed by atoms with E-state index in [0.717, 1.165) is 36.5 Å². The highest BCUT2D eigenvalue weighted by molar-refractivity contribution is 5.92. The van der Waals surface area contributed by atoms with Crippen molar-refractivity contribution in [3.63, 3.8) is 0 Å². The summed E-state index contributed by atoms with van der Waals surface area (Å²) in [5.41, 5.74) is 2.80. The summed E-state index contributed by atoms with van der Waals surface area (Å²) in [5.74, 6) is 1.75. The standard InChI is InChI=1S/C23H26N6O2/c1-14-6-4-8-19(25-14)27-23(31)18-7-5-11-29(13-18)20-10-9-17(12-24-20)21-26-16(3)15(2)22(30)28-21/h4,6,8-10,12,18H,5,7,11,13H2,1-3H3,(H,25,27,31)(H,26,28,30). The molecule has 0 aromatic carbocycles. The van der Waals surface area contributed by atoms with E-state index in [1.807, 2.05) is 38.1 Å². The molecule has 1 atom stereocenters. The number of anilines is 2. The Morgan fingerprint density at radius 2 is 2.00 bits per heavy atom. The first-order valence-electron chi connectivity index (χ1n) is 10.4. The third kappa shape index (κ3) is 4.63. The Hall–Kier alpha value is -3.55. The summed E-state index contributed by atoms with van der Waals surface area (Å²) in [5, 5.41) is 2.93. The van der Waals surface area contributed by atoms with Gasteiger partial charge in [-0.15, -0.1) is 0 Å². The number of aryl methyl sites for hydroxylation is 2. The Morgan fingerprint density at radius 1 is 1.16 bits per heavy atom. The summed E-state index contributed by atoms with van der Waals surface area (Å²) in [7, 11) is 0. The molecular weight excluding hydrogens is 392 g/mol. The Labute approximate surface area is 180 Å². The average Bonchev–Trinajstić information content (AvgIpc) is 2.77. The molecule has 3 aromatic rings. The monoisotopic (exact) mass is 418 g/mol. The summed E-state index contributed by atoms with van der Waals surface area (Å²) in [6, 6.07) is 9.39. The van der Waals surface area contributed by atoms with Gasteiger partial charge in [0.15, 0.2) is 0 Å². The molecule has 2 N–H and O–H groups in total. The number of hydrogen-bond acceptors (Lipinski definition) is 6. The van der Waals surface area contributed by atoms with Gasteiger partial charge in [-0.05, 0) is 57.9 Å². The summed E-state index contributed by atoms with van der Waals surface area (Å²) in [4.78, 5) is 43.1. The molecule has 0 bridgehead atoms. The number of piperidine rings is 1. The maximum Gasteiger partial charge on any atom is 0.254 e. The largest absolute Gasteiger partial charge is 0.356 e. The second-order valence-electron chi connectivity index (χ2n) is 7.97. The van der Waals surface area contributed by atoms with E-state index in [9.17, 15) is 9.59 Å². The molecular formula is C23H26N6O2. The van der Waals surface area contributed by atoms with Gasteiger partial charge in [0.05, 0.1) is 5.92 Å². The smallest absolute Gasteiger partial charge is 0.254 e. The van der Waals surface area contributed by atoms with Crippen LogP contribution in [0.5, 0.6) is 0 Å². The zero-order chi connectivity index (χ0) is 22.0. The number of aromatic nitrogens is 4. The van der Waals surface area contributed by atoms with Crippen LogP contribution in [-0.2, 0) is 4.79 Å². The Bertz CT molecular complexity index is 1160. The number of aromatic amines is 1. The summed E-state index contributed by atoms with van der Waals surface area (Å²) < 4.78 is 0. The van der Waals surface area contributed by atoms with Crippen molar-refractivity contribution in [1.82, 2.24) is 19.9 Å². The Morgan fingerprint density at radius 3 is 2.71 bits per heavy atom. The Balaban J connectivity index is 1.46. The van der Waals surface area contributed by atoms with Gasteiger partial charge in [-0.25, -0.2) is 15.0 Å². The van der Waals surface area contributed by atoms with E-state index in [2.05, 4.69) is 30.2 Å². The number of hydrogen-bond donors (Lipinski definition) is 2. The number of H-pyrrole nitrogens is 1. The lowest BCUT2D eigenvalue weighted by atomic mass is 9.97. The van der Waals surface area contributed by atoms with Crippen LogP contribution in [0, 0.1) is 26.7 Å². The molecule has 0 aliphatic carbocycles. The Kier molecular flexibility index (Phi) is 5.79. The molecule has 1 unspecified atom stereocenters. The van der Waals surface area contributed by atoms with E-state index in [1.165, 1.54) is 0 Å². The highest BCUT2D eigenvalue weighted by atomic mass is 16.2. The molecule has 4 heterocycles. The average molecular weight is 419 g/mol. The van der Waals surface area contributed by atoms with E-state index >= 15 is 0 Å². The third-order valence-electron chi connectivity index (χ3n) is 5.67. The molecule has 3 aromatic heterocycles. The van der Waals surface area contributed by atoms with Gasteiger partial charge in [-0.1, -0.05) is 6.07 Å². The van der Waals surface area contributed by atoms with Crippen LogP contribution >= 0.6 is 0 Å². The van der Waals surface area contributed by atoms with Crippen LogP contribution in [0.3, 0.4) is 0 Å². The van der Waals surface area contributed by atoms with Crippen molar-refractivity contribution in [1.29, 1.82) is 0 Å². The van der Waals surface area contributed by atoms with Gasteiger partial charge >= 0.3 is 0 Å². The van der Waals surface area contributed by atoms with Crippen molar-refractivity contribution >= 4 is 17.5 Å². The number of carbonyl (C=O) groups is 1. The van der Waals surface area contributed by atoms with Crippen molar-refractivity contribution in [2.24, 2.45) is 5.92 Å². The van der Waals surface area contributed by atoms with E-state index in [4.69, 9.17) is 0 Å². The van der Waals surface area contributed by atoms with Crippen LogP contribution in [0.4, 0.5) is 11.6 Å². The highest BCUT2D eigenvalue weighted by Crippen LogP contribution is 2.24. The molecule has 0 spiro atoms. The number of rotatable bonds is 4. The maximum atomic E-state index is 12.7. The van der Waals surface area contributed by atoms with Crippen LogP contribution < -0.4 is 15.8 Å². The molecule has 1 aliphatic rings. The molecule has 1 fully saturated rings. The van der Waals surface area contributed by atoms with Gasteiger partial charge in [0.25, 0.3) is 5.56 Å². The van der Waals surface area contributed by atoms with Gasteiger partial charge in [0.1, 0.15) is 17.5 Å². The SMILES string of the molecule is Cc1cccc(NC(=O)C2CCCN(c3ccc(-c4nc(C)c(C)c(=O)[nH]4)cn3)C2)n1. The maximum absolute atomic E-state index is 12.7. The van der Waals surface area contributed by atoms with Crippen molar-refractivity contribution in [2.45, 2.75) is 33.6 Å². The predicted molar refractivity (Wildman–Crippen MR) is 120 cm³/mol. The van der Waals surface area contributed by atoms with Gasteiger partial charge in [0, 0.05) is 41.8 Å². The van der Waals surface area contributed by atoms with Gasteiger partial charge in [-0.2, -0.15) is 0 Å². The second kappa shape index (κ2) is 8.67. The number of carbonyl (C=O) groups excluding carboxylic acids is 1. The topological polar surface area (TPSA) is 104 Å². The van der Waals surface area contributed by atoms with E-state index in [1.54, 1.807) is 19.2 Å². The molecule has 0 saturated carbocycles. The quantitative estimate of drug-likeness (QED) is 0.675. The number of nitrogens with zero attached hydrogens (tertiary/aromatic N) is 4. The first-order valence-corrected chi connectivity index (χ1v) is 10.4. The van der Waals surface area contributed by atoms with Crippen LogP contribution in [0.15, 0.2) is 41.3 Å². The van der Waals surface area contributed by atoms with E-state index in [-0.39, 0.29) is 17.4 Å². The zero-order valence-electron chi connectivity index (χ0n) is 18.0. The number of pyridine rings is 2. The van der Waals surface area contributed by atoms with Gasteiger partial charge < -0.3 is 15.2 Å². The highest BCUT2D eigenvalue weighted by Gasteiger charge is 2.27. The predicted octanol–water partition coefficient (Wildman–Crippen LogP) is 3.01. The first kappa shape index (κ1) is 20.7. The van der Waals surface area contributed by atoms with Crippen molar-refractivity contribution in [3.8, 4) is 11.4 Å². The molecule has 1 aliphatic heterocycles. The molecule has 4 rings (SSSR count). The molecule has 1 amide bonds. The molecule has 31 heavy (non-hydrogen) atoms. The lowest BCUT2D eigenvalue weighted by Crippen LogP contribution is -2.41. The summed E-state index contributed by atoms with van der Waals surface area (Å²) in [6.45, 7) is 6.92. The molecule has 8 nitrogen and oxygen atoms in total. The van der Waals surface area contributed by atoms with Crippen molar-refractivity contribution in [3.05, 3.63) is 63.8 Å². The molecule has 0 radical (unpaired) electrons. The van der Waals surface area contributed by atoms with E-state index in [0.29, 0.717) is 29.4 Å². The van der Waals surface area contributed by atoms with Crippen LogP contribution in [0.2, 0.25) is 0 Å². The van der Waals surface area contributed by atoms with Gasteiger partial charge in [0.2, 0.25) is 5.91 Å². The van der Waals surface area contributed by atoms with Crippen LogP contribution in [0.25, 0.3) is 11.4 Å². The fourth-order valence-corrected chi connectivity index (χ4v) is 3.74.